The lowest BCUT2D eigenvalue weighted by Gasteiger charge is -2.17. The van der Waals surface area contributed by atoms with Gasteiger partial charge in [-0.1, -0.05) is 62.4 Å². The normalized spacial score (nSPS) is 13.9. The van der Waals surface area contributed by atoms with E-state index < -0.39 is 12.1 Å². The van der Waals surface area contributed by atoms with Crippen LogP contribution in [0.1, 0.15) is 37.3 Å². The van der Waals surface area contributed by atoms with E-state index in [4.69, 9.17) is 4.74 Å². The van der Waals surface area contributed by atoms with Crippen LogP contribution < -0.4 is 5.32 Å². The first-order valence-corrected chi connectivity index (χ1v) is 8.67. The second kappa shape index (κ2) is 7.51. The molecule has 1 N–H and O–H groups in total. The zero-order valence-electron chi connectivity index (χ0n) is 14.6. The maximum absolute atomic E-state index is 12.1. The van der Waals surface area contributed by atoms with Crippen LogP contribution in [0, 0.1) is 5.92 Å². The summed E-state index contributed by atoms with van der Waals surface area (Å²) in [4.78, 5) is 23.2. The van der Waals surface area contributed by atoms with Crippen LogP contribution in [-0.4, -0.2) is 25.0 Å². The van der Waals surface area contributed by atoms with Gasteiger partial charge in [0.25, 0.3) is 0 Å². The number of hydrogen-bond donors (Lipinski definition) is 1. The van der Waals surface area contributed by atoms with Crippen LogP contribution in [0.2, 0.25) is 0 Å². The minimum absolute atomic E-state index is 0.0259. The summed E-state index contributed by atoms with van der Waals surface area (Å²) in [5.41, 5.74) is 4.73. The molecule has 25 heavy (non-hydrogen) atoms. The van der Waals surface area contributed by atoms with E-state index in [-0.39, 0.29) is 12.5 Å². The topological polar surface area (TPSA) is 55.4 Å². The molecule has 1 aliphatic carbocycles. The molecule has 3 rings (SSSR count). The minimum atomic E-state index is -0.542. The molecule has 0 saturated heterocycles. The summed E-state index contributed by atoms with van der Waals surface area (Å²) in [5, 5.41) is 2.64. The highest BCUT2D eigenvalue weighted by atomic mass is 16.5. The van der Waals surface area contributed by atoms with Crippen LogP contribution in [0.4, 0.5) is 4.79 Å². The van der Waals surface area contributed by atoms with Gasteiger partial charge in [0.1, 0.15) is 12.9 Å². The van der Waals surface area contributed by atoms with Crippen molar-refractivity contribution >= 4 is 12.4 Å². The Morgan fingerprint density at radius 1 is 1.08 bits per heavy atom. The zero-order chi connectivity index (χ0) is 17.8. The van der Waals surface area contributed by atoms with Gasteiger partial charge in [0.15, 0.2) is 0 Å². The molecule has 0 spiro atoms. The number of nitrogens with one attached hydrogen (secondary N) is 1. The van der Waals surface area contributed by atoms with Gasteiger partial charge in [-0.2, -0.15) is 0 Å². The Labute approximate surface area is 148 Å². The van der Waals surface area contributed by atoms with Crippen LogP contribution in [0.3, 0.4) is 0 Å². The SMILES string of the molecule is CC(C)C[C@H](C=O)NC(=O)OCC1c2ccccc2-c2ccccc21. The number of benzene rings is 2. The fourth-order valence-electron chi connectivity index (χ4n) is 3.45. The predicted molar refractivity (Wildman–Crippen MR) is 97.5 cm³/mol. The van der Waals surface area contributed by atoms with E-state index in [1.165, 1.54) is 22.3 Å². The average Bonchev–Trinajstić information content (AvgIpc) is 2.93. The quantitative estimate of drug-likeness (QED) is 0.806. The van der Waals surface area contributed by atoms with E-state index >= 15 is 0 Å². The van der Waals surface area contributed by atoms with Gasteiger partial charge >= 0.3 is 6.09 Å². The van der Waals surface area contributed by atoms with Gasteiger partial charge in [-0.05, 0) is 34.6 Å². The van der Waals surface area contributed by atoms with E-state index in [9.17, 15) is 9.59 Å². The third-order valence-corrected chi connectivity index (χ3v) is 4.54. The smallest absolute Gasteiger partial charge is 0.407 e. The summed E-state index contributed by atoms with van der Waals surface area (Å²) in [7, 11) is 0. The van der Waals surface area contributed by atoms with E-state index in [2.05, 4.69) is 29.6 Å². The molecule has 0 aromatic heterocycles. The highest BCUT2D eigenvalue weighted by molar-refractivity contribution is 5.79. The van der Waals surface area contributed by atoms with Gasteiger partial charge in [-0.3, -0.25) is 0 Å². The Morgan fingerprint density at radius 2 is 1.64 bits per heavy atom. The zero-order valence-corrected chi connectivity index (χ0v) is 14.6. The summed E-state index contributed by atoms with van der Waals surface area (Å²) >= 11 is 0. The number of rotatable bonds is 6. The molecule has 2 aromatic carbocycles. The van der Waals surface area contributed by atoms with E-state index in [1.807, 2.05) is 38.1 Å². The van der Waals surface area contributed by atoms with Crippen LogP contribution in [0.25, 0.3) is 11.1 Å². The largest absolute Gasteiger partial charge is 0.449 e. The fourth-order valence-corrected chi connectivity index (χ4v) is 3.45. The summed E-state index contributed by atoms with van der Waals surface area (Å²) in [6.45, 7) is 4.28. The van der Waals surface area contributed by atoms with Gasteiger partial charge in [0.05, 0.1) is 6.04 Å². The fraction of sp³-hybridized carbons (Fsp3) is 0.333. The molecule has 1 atom stereocenters. The van der Waals surface area contributed by atoms with Crippen LogP contribution in [0.5, 0.6) is 0 Å². The highest BCUT2D eigenvalue weighted by Crippen LogP contribution is 2.44. The lowest BCUT2D eigenvalue weighted by Crippen LogP contribution is -2.37. The number of ether oxygens (including phenoxy) is 1. The molecule has 0 heterocycles. The van der Waals surface area contributed by atoms with Crippen LogP contribution >= 0.6 is 0 Å². The van der Waals surface area contributed by atoms with Crippen molar-refractivity contribution < 1.29 is 14.3 Å². The first kappa shape index (κ1) is 17.2. The second-order valence-corrected chi connectivity index (χ2v) is 6.84. The predicted octanol–water partition coefficient (Wildman–Crippen LogP) is 4.14. The van der Waals surface area contributed by atoms with Crippen molar-refractivity contribution in [2.75, 3.05) is 6.61 Å². The van der Waals surface area contributed by atoms with Crippen molar-refractivity contribution in [1.82, 2.24) is 5.32 Å². The molecule has 130 valence electrons. The van der Waals surface area contributed by atoms with Crippen molar-refractivity contribution in [3.05, 3.63) is 59.7 Å². The van der Waals surface area contributed by atoms with Gasteiger partial charge in [-0.15, -0.1) is 0 Å². The lowest BCUT2D eigenvalue weighted by molar-refractivity contribution is -0.109. The monoisotopic (exact) mass is 337 g/mol. The van der Waals surface area contributed by atoms with Gasteiger partial charge in [-0.25, -0.2) is 4.79 Å². The lowest BCUT2D eigenvalue weighted by atomic mass is 9.98. The molecule has 4 nitrogen and oxygen atoms in total. The van der Waals surface area contributed by atoms with E-state index in [1.54, 1.807) is 0 Å². The van der Waals surface area contributed by atoms with Crippen molar-refractivity contribution in [3.8, 4) is 11.1 Å². The molecule has 4 heteroatoms. The third kappa shape index (κ3) is 3.73. The molecule has 0 aliphatic heterocycles. The Balaban J connectivity index is 1.69. The van der Waals surface area contributed by atoms with Gasteiger partial charge in [0, 0.05) is 5.92 Å². The number of carbonyl (C=O) groups is 2. The van der Waals surface area contributed by atoms with Gasteiger partial charge < -0.3 is 14.8 Å². The second-order valence-electron chi connectivity index (χ2n) is 6.84. The van der Waals surface area contributed by atoms with Crippen molar-refractivity contribution in [3.63, 3.8) is 0 Å². The molecule has 1 aliphatic rings. The average molecular weight is 337 g/mol. The van der Waals surface area contributed by atoms with Crippen LogP contribution in [0.15, 0.2) is 48.5 Å². The molecule has 0 bridgehead atoms. The Morgan fingerprint density at radius 3 is 2.16 bits per heavy atom. The highest BCUT2D eigenvalue weighted by Gasteiger charge is 2.29. The summed E-state index contributed by atoms with van der Waals surface area (Å²) in [6.07, 6.45) is 0.828. The molecule has 1 amide bonds. The number of hydrogen-bond acceptors (Lipinski definition) is 3. The van der Waals surface area contributed by atoms with Gasteiger partial charge in [0.2, 0.25) is 0 Å². The number of amides is 1. The number of fused-ring (bicyclic) bond motifs is 3. The standard InChI is InChI=1S/C21H23NO3/c1-14(2)11-15(12-23)22-21(24)25-13-20-18-9-5-3-7-16(18)17-8-4-6-10-19(17)20/h3-10,12,14-15,20H,11,13H2,1-2H3,(H,22,24)/t15-/m1/s1. The summed E-state index contributed by atoms with van der Waals surface area (Å²) < 4.78 is 5.44. The molecular weight excluding hydrogens is 314 g/mol. The van der Waals surface area contributed by atoms with Crippen molar-refractivity contribution in [2.45, 2.75) is 32.2 Å². The number of carbonyl (C=O) groups excluding carboxylic acids is 2. The molecule has 0 unspecified atom stereocenters. The first-order chi connectivity index (χ1) is 12.1. The Hall–Kier alpha value is -2.62. The third-order valence-electron chi connectivity index (χ3n) is 4.54. The Bertz CT molecular complexity index is 724. The molecular formula is C21H23NO3. The van der Waals surface area contributed by atoms with Crippen molar-refractivity contribution in [1.29, 1.82) is 0 Å². The minimum Gasteiger partial charge on any atom is -0.449 e. The molecule has 2 aromatic rings. The summed E-state index contributed by atoms with van der Waals surface area (Å²) in [5.74, 6) is 0.349. The maximum atomic E-state index is 12.1. The van der Waals surface area contributed by atoms with E-state index in [0.717, 1.165) is 6.29 Å². The summed E-state index contributed by atoms with van der Waals surface area (Å²) in [6, 6.07) is 15.9. The Kier molecular flexibility index (Phi) is 5.17. The number of alkyl carbamates (subject to hydrolysis) is 1. The van der Waals surface area contributed by atoms with E-state index in [0.29, 0.717) is 12.3 Å². The maximum Gasteiger partial charge on any atom is 0.407 e. The van der Waals surface area contributed by atoms with Crippen LogP contribution in [-0.2, 0) is 9.53 Å². The molecule has 0 fully saturated rings. The van der Waals surface area contributed by atoms with Crippen molar-refractivity contribution in [2.24, 2.45) is 5.92 Å². The number of aldehydes is 1. The molecule has 0 saturated carbocycles. The first-order valence-electron chi connectivity index (χ1n) is 8.67. The molecule has 0 radical (unpaired) electrons.